The summed E-state index contributed by atoms with van der Waals surface area (Å²) >= 11 is 0. The molecule has 109 heavy (non-hydrogen) atoms. The van der Waals surface area contributed by atoms with E-state index in [0.29, 0.717) is 45.8 Å². The first-order valence-corrected chi connectivity index (χ1v) is 41.3. The number of nitrogens with two attached hydrogens (primary N) is 1. The number of fused-ring (bicyclic) bond motifs is 6. The number of aromatic nitrogens is 4. The zero-order chi connectivity index (χ0) is 78.7. The van der Waals surface area contributed by atoms with Gasteiger partial charge in [0.2, 0.25) is 28.5 Å². The van der Waals surface area contributed by atoms with Crippen molar-refractivity contribution in [1.29, 1.82) is 0 Å². The van der Waals surface area contributed by atoms with Gasteiger partial charge >= 0.3 is 29.8 Å². The molecule has 7 aromatic rings. The summed E-state index contributed by atoms with van der Waals surface area (Å²) in [6, 6.07) is 35.4. The molecule has 4 aliphatic rings. The van der Waals surface area contributed by atoms with Gasteiger partial charge in [-0.1, -0.05) is 86.6 Å². The summed E-state index contributed by atoms with van der Waals surface area (Å²) in [6.07, 6.45) is -9.38. The van der Waals surface area contributed by atoms with Gasteiger partial charge in [-0.05, 0) is 140 Å². The van der Waals surface area contributed by atoms with Crippen molar-refractivity contribution in [3.63, 3.8) is 0 Å². The number of ketones is 1. The van der Waals surface area contributed by atoms with Crippen LogP contribution in [-0.2, 0) is 63.1 Å². The number of rotatable bonds is 27. The summed E-state index contributed by atoms with van der Waals surface area (Å²) in [4.78, 5) is 152. The zero-order valence-electron chi connectivity index (χ0n) is 61.7. The lowest BCUT2D eigenvalue weighted by atomic mass is 9.44. The lowest BCUT2D eigenvalue weighted by Crippen LogP contribution is -2.82. The molecule has 1 saturated heterocycles. The van der Waals surface area contributed by atoms with Crippen molar-refractivity contribution in [1.82, 2.24) is 30.6 Å². The number of carboxylic acids is 1. The van der Waals surface area contributed by atoms with Crippen LogP contribution in [0, 0.1) is 16.7 Å². The highest BCUT2D eigenvalue weighted by Gasteiger charge is 2.78. The average Bonchev–Trinajstić information content (AvgIpc) is 0.668. The number of Topliss-reactive ketones (excluding diaryl/α,β-unsaturated/α-hetero) is 1. The molecular weight excluding hydrogens is 1440 g/mol. The molecule has 574 valence electrons. The van der Waals surface area contributed by atoms with Crippen LogP contribution in [0.3, 0.4) is 0 Å². The van der Waals surface area contributed by atoms with Crippen LogP contribution in [0.5, 0.6) is 0 Å². The van der Waals surface area contributed by atoms with Crippen molar-refractivity contribution in [2.45, 2.75) is 166 Å². The first-order chi connectivity index (χ1) is 51.6. The maximum absolute atomic E-state index is 16.0. The number of aliphatic carboxylic acids is 1. The van der Waals surface area contributed by atoms with E-state index in [0.717, 1.165) is 19.0 Å². The number of carbonyl (C=O) groups is 9. The summed E-state index contributed by atoms with van der Waals surface area (Å²) in [7, 11) is -6.19. The Morgan fingerprint density at radius 3 is 2.03 bits per heavy atom. The smallest absolute Gasteiger partial charge is 0.338 e. The molecular formula is C78H89N9O20Si2. The van der Waals surface area contributed by atoms with Crippen LogP contribution in [0.25, 0.3) is 11.2 Å². The van der Waals surface area contributed by atoms with Gasteiger partial charge < -0.3 is 75.2 Å². The number of esters is 4. The standard InChI is InChI=1S/C78H89N9O20Si2/c1-43-55(104-73(100)63(94)61(46-18-12-10-13-19-46)85-70(97)47-20-14-11-15-21-47)39-78(101)67(65-76(6,56(90)38-57-77(65,42-102-57)106-45(3)89)66(95)64(103-44(2)88)60(43)75(78,4)5)105-72(99)49-26-32-53(33-27-49)108(7,8)107-109(9,37-17-23-59(92)93)54-34-30-51(31-35-54)83-58(91)22-16-36-80-69(96)48-24-28-50(29-25-48)81-40-52-41-82-68-62(84-52)71(98)87-74(79)86-68/h10-15,18-21,24-35,41,55-57,61,63-65,67,81,90,94,101H,16-17,22-23,36-40,42H2,1-9H3,(H,80,96)(H,83,91)(H,85,97)(H,92,93)(H3,79,82,86,87,98)/t55-,56-,57+,61-,63+,64+,65-,67-,76+,77-,78?,109?/m0/s1. The number of hydrogen-bond donors (Lipinski definition) is 10. The molecule has 2 aromatic heterocycles. The Morgan fingerprint density at radius 2 is 1.39 bits per heavy atom. The molecule has 11 N–H and O–H groups in total. The molecule has 2 saturated carbocycles. The molecule has 2 unspecified atom stereocenters. The third-order valence-corrected chi connectivity index (χ3v) is 30.0. The van der Waals surface area contributed by atoms with Crippen molar-refractivity contribution in [2.24, 2.45) is 16.7 Å². The van der Waals surface area contributed by atoms with E-state index in [1.807, 2.05) is 31.8 Å². The van der Waals surface area contributed by atoms with Gasteiger partial charge in [-0.15, -0.1) is 0 Å². The van der Waals surface area contributed by atoms with Gasteiger partial charge in [0.15, 0.2) is 34.8 Å². The normalized spacial score (nSPS) is 23.8. The number of aromatic amines is 1. The second-order valence-corrected chi connectivity index (χ2v) is 37.5. The molecule has 3 amide bonds. The Bertz CT molecular complexity index is 4740. The van der Waals surface area contributed by atoms with Gasteiger partial charge in [-0.3, -0.25) is 43.3 Å². The van der Waals surface area contributed by atoms with Crippen LogP contribution in [0.2, 0.25) is 25.7 Å². The molecule has 3 aliphatic carbocycles. The lowest BCUT2D eigenvalue weighted by Gasteiger charge is -2.67. The first kappa shape index (κ1) is 79.4. The average molecular weight is 1530 g/mol. The Morgan fingerprint density at radius 1 is 0.761 bits per heavy atom. The number of aliphatic hydroxyl groups excluding tert-OH is 2. The van der Waals surface area contributed by atoms with Crippen molar-refractivity contribution in [3.05, 3.63) is 189 Å². The van der Waals surface area contributed by atoms with Crippen LogP contribution in [-0.4, -0.2) is 171 Å². The number of H-pyrrole nitrogens is 1. The van der Waals surface area contributed by atoms with E-state index in [1.165, 1.54) is 46.0 Å². The van der Waals surface area contributed by atoms with Crippen LogP contribution < -0.4 is 42.9 Å². The molecule has 2 bridgehead atoms. The number of carbonyl (C=O) groups excluding carboxylic acids is 8. The molecule has 11 rings (SSSR count). The number of nitrogens with one attached hydrogen (secondary N) is 5. The third kappa shape index (κ3) is 16.4. The number of benzene rings is 5. The summed E-state index contributed by atoms with van der Waals surface area (Å²) in [5.74, 6) is -9.10. The molecule has 0 radical (unpaired) electrons. The minimum Gasteiger partial charge on any atom is -0.481 e. The molecule has 3 heterocycles. The minimum absolute atomic E-state index is 0.0517. The van der Waals surface area contributed by atoms with Gasteiger partial charge in [0, 0.05) is 74.0 Å². The topological polar surface area (TPSA) is 436 Å². The Kier molecular flexibility index (Phi) is 23.2. The Labute approximate surface area is 629 Å². The molecule has 1 aliphatic heterocycles. The number of carboxylic acid groups (broad SMARTS) is 1. The van der Waals surface area contributed by atoms with Gasteiger partial charge in [0.25, 0.3) is 17.4 Å². The maximum atomic E-state index is 16.0. The number of ether oxygens (including phenoxy) is 5. The van der Waals surface area contributed by atoms with E-state index in [-0.39, 0.29) is 90.0 Å². The number of amides is 3. The third-order valence-electron chi connectivity index (χ3n) is 21.6. The van der Waals surface area contributed by atoms with E-state index in [1.54, 1.807) is 109 Å². The van der Waals surface area contributed by atoms with Crippen molar-refractivity contribution < 1.29 is 91.4 Å². The highest BCUT2D eigenvalue weighted by Crippen LogP contribution is 2.64. The van der Waals surface area contributed by atoms with Gasteiger partial charge in [-0.2, -0.15) is 4.98 Å². The molecule has 31 heteroatoms. The fraction of sp³-hybridized carbons (Fsp3) is 0.397. The minimum atomic E-state index is -3.11. The van der Waals surface area contributed by atoms with E-state index < -0.39 is 147 Å². The highest BCUT2D eigenvalue weighted by atomic mass is 28.4. The van der Waals surface area contributed by atoms with E-state index in [2.05, 4.69) is 41.2 Å². The van der Waals surface area contributed by atoms with Gasteiger partial charge in [0.1, 0.15) is 23.9 Å². The highest BCUT2D eigenvalue weighted by molar-refractivity contribution is 6.97. The second kappa shape index (κ2) is 31.9. The predicted molar refractivity (Wildman–Crippen MR) is 402 cm³/mol. The van der Waals surface area contributed by atoms with Gasteiger partial charge in [-0.25, -0.2) is 19.6 Å². The SMILES string of the molecule is CC(=O)O[C@H]1C(=O)[C@@]2(C)[C@H]([C@H](OC(=O)c3ccc([Si](C)(C)O[Si](C)(CCCC(=O)O)c4ccc(NC(=O)CCCNC(=O)c5ccc(NCc6cnc7nc(N)[nH]c(=O)c7n6)cc5)cc4)cc3)C3(O)C[C@H](OC(=O)[C@H](O)[C@@H](NC(=O)c4ccccc4)c4ccccc4)C(C)=C1C3(C)C)[C@]1(OC(C)=O)CO[C@@H]1C[C@@H]2O. The van der Waals surface area contributed by atoms with Crippen LogP contribution >= 0.6 is 0 Å². The summed E-state index contributed by atoms with van der Waals surface area (Å²) in [5, 5.41) is 61.8. The molecule has 0 spiro atoms. The fourth-order valence-corrected chi connectivity index (χ4v) is 24.6. The van der Waals surface area contributed by atoms with Gasteiger partial charge in [0.05, 0.1) is 54.1 Å². The Hall–Kier alpha value is -10.7. The molecule has 3 fully saturated rings. The quantitative estimate of drug-likeness (QED) is 0.00944. The van der Waals surface area contributed by atoms with E-state index in [4.69, 9.17) is 33.5 Å². The summed E-state index contributed by atoms with van der Waals surface area (Å²) < 4.78 is 38.5. The van der Waals surface area contributed by atoms with Crippen molar-refractivity contribution in [3.8, 4) is 0 Å². The van der Waals surface area contributed by atoms with Crippen LogP contribution in [0.15, 0.2) is 156 Å². The van der Waals surface area contributed by atoms with Crippen molar-refractivity contribution >= 4 is 109 Å². The number of anilines is 3. The van der Waals surface area contributed by atoms with E-state index in [9.17, 15) is 58.8 Å². The number of nitrogen functional groups attached to an aromatic ring is 1. The Balaban J connectivity index is 0.807. The molecule has 29 nitrogen and oxygen atoms in total. The predicted octanol–water partition coefficient (Wildman–Crippen LogP) is 5.88. The second-order valence-electron chi connectivity index (χ2n) is 29.6. The first-order valence-electron chi connectivity index (χ1n) is 35.8. The fourth-order valence-electron chi connectivity index (χ4n) is 15.7. The number of aliphatic hydroxyl groups is 3. The zero-order valence-corrected chi connectivity index (χ0v) is 63.7. The van der Waals surface area contributed by atoms with E-state index >= 15 is 9.59 Å². The van der Waals surface area contributed by atoms with Crippen molar-refractivity contribution in [2.75, 3.05) is 29.5 Å². The van der Waals surface area contributed by atoms with Crippen LogP contribution in [0.4, 0.5) is 17.3 Å². The summed E-state index contributed by atoms with van der Waals surface area (Å²) in [5.41, 5.74) is -0.665. The van der Waals surface area contributed by atoms with Crippen LogP contribution in [0.1, 0.15) is 128 Å². The molecule has 12 atom stereocenters. The number of hydrogen-bond acceptors (Lipinski definition) is 24. The molecule has 5 aromatic carbocycles. The lowest BCUT2D eigenvalue weighted by molar-refractivity contribution is -0.346. The largest absolute Gasteiger partial charge is 0.481 e. The maximum Gasteiger partial charge on any atom is 0.338 e. The number of nitrogens with zero attached hydrogens (tertiary/aromatic N) is 3. The summed E-state index contributed by atoms with van der Waals surface area (Å²) in [6.45, 7) is 14.0. The monoisotopic (exact) mass is 1530 g/mol.